The Labute approximate surface area is 139 Å². The van der Waals surface area contributed by atoms with Gasteiger partial charge in [0.25, 0.3) is 0 Å². The van der Waals surface area contributed by atoms with Crippen LogP contribution in [0.5, 0.6) is 0 Å². The third-order valence-electron chi connectivity index (χ3n) is 4.09. The molecule has 0 aromatic heterocycles. The smallest absolute Gasteiger partial charge is 0.240 e. The Morgan fingerprint density at radius 1 is 1.30 bits per heavy atom. The molecule has 23 heavy (non-hydrogen) atoms. The Morgan fingerprint density at radius 3 is 2.52 bits per heavy atom. The molecule has 0 radical (unpaired) electrons. The molecule has 6 nitrogen and oxygen atoms in total. The van der Waals surface area contributed by atoms with Crippen LogP contribution in [-0.4, -0.2) is 59.8 Å². The number of nitrogens with one attached hydrogen (secondary N) is 2. The first-order valence-corrected chi connectivity index (χ1v) is 9.33. The number of benzene rings is 1. The molecule has 0 bridgehead atoms. The summed E-state index contributed by atoms with van der Waals surface area (Å²) in [4.78, 5) is 2.34. The van der Waals surface area contributed by atoms with Crippen LogP contribution in [0, 0.1) is 0 Å². The van der Waals surface area contributed by atoms with Crippen LogP contribution in [-0.2, 0) is 21.3 Å². The second-order valence-corrected chi connectivity index (χ2v) is 8.22. The highest BCUT2D eigenvalue weighted by Gasteiger charge is 2.34. The van der Waals surface area contributed by atoms with E-state index >= 15 is 0 Å². The van der Waals surface area contributed by atoms with Crippen molar-refractivity contribution in [2.45, 2.75) is 29.8 Å². The van der Waals surface area contributed by atoms with Gasteiger partial charge in [0.05, 0.1) is 17.0 Å². The molecule has 1 aromatic rings. The lowest BCUT2D eigenvalue weighted by atomic mass is 9.99. The third-order valence-corrected chi connectivity index (χ3v) is 5.50. The van der Waals surface area contributed by atoms with E-state index in [0.29, 0.717) is 18.0 Å². The zero-order valence-corrected chi connectivity index (χ0v) is 14.9. The largest absolute Gasteiger partial charge is 0.383 e. The fourth-order valence-corrected chi connectivity index (χ4v) is 4.05. The van der Waals surface area contributed by atoms with Crippen molar-refractivity contribution in [3.8, 4) is 0 Å². The fourth-order valence-electron chi connectivity index (χ4n) is 2.93. The van der Waals surface area contributed by atoms with Gasteiger partial charge in [-0.2, -0.15) is 0 Å². The average Bonchev–Trinajstić information content (AvgIpc) is 2.95. The first kappa shape index (κ1) is 18.4. The van der Waals surface area contributed by atoms with Gasteiger partial charge in [0.2, 0.25) is 10.0 Å². The minimum absolute atomic E-state index is 0.297. The summed E-state index contributed by atoms with van der Waals surface area (Å²) in [5, 5.41) is 3.37. The zero-order chi connectivity index (χ0) is 16.9. The fraction of sp³-hybridized carbons (Fsp3) is 0.625. The van der Waals surface area contributed by atoms with E-state index in [2.05, 4.69) is 10.0 Å². The molecular formula is C16H27N3O3S. The standard InChI is InChI=1S/C16H27N3O3S/c1-19(2)11-14-5-7-15(8-6-14)23(20,21)18-12-16(13-22-3)9-4-10-17-16/h5-8,17-18H,4,9-13H2,1-3H3. The van der Waals surface area contributed by atoms with Gasteiger partial charge >= 0.3 is 0 Å². The normalized spacial score (nSPS) is 21.9. The molecule has 130 valence electrons. The molecule has 1 heterocycles. The SMILES string of the molecule is COCC1(CNS(=O)(=O)c2ccc(CN(C)C)cc2)CCCN1. The highest BCUT2D eigenvalue weighted by molar-refractivity contribution is 7.89. The maximum Gasteiger partial charge on any atom is 0.240 e. The summed E-state index contributed by atoms with van der Waals surface area (Å²) < 4.78 is 32.9. The Morgan fingerprint density at radius 2 is 2.00 bits per heavy atom. The Hall–Kier alpha value is -0.990. The molecule has 1 saturated heterocycles. The van der Waals surface area contributed by atoms with Crippen molar-refractivity contribution >= 4 is 10.0 Å². The average molecular weight is 341 g/mol. The van der Waals surface area contributed by atoms with Crippen molar-refractivity contribution < 1.29 is 13.2 Å². The maximum atomic E-state index is 12.5. The first-order valence-electron chi connectivity index (χ1n) is 7.84. The third kappa shape index (κ3) is 4.99. The lowest BCUT2D eigenvalue weighted by Gasteiger charge is -2.28. The van der Waals surface area contributed by atoms with E-state index in [1.807, 2.05) is 31.1 Å². The van der Waals surface area contributed by atoms with Crippen molar-refractivity contribution in [3.05, 3.63) is 29.8 Å². The number of hydrogen-bond donors (Lipinski definition) is 2. The number of rotatable bonds is 8. The minimum Gasteiger partial charge on any atom is -0.383 e. The van der Waals surface area contributed by atoms with Crippen LogP contribution < -0.4 is 10.0 Å². The Bertz CT molecular complexity index is 594. The lowest BCUT2D eigenvalue weighted by Crippen LogP contribution is -2.52. The maximum absolute atomic E-state index is 12.5. The topological polar surface area (TPSA) is 70.7 Å². The second kappa shape index (κ2) is 7.72. The van der Waals surface area contributed by atoms with Gasteiger partial charge < -0.3 is 15.0 Å². The summed E-state index contributed by atoms with van der Waals surface area (Å²) in [6, 6.07) is 7.03. The van der Waals surface area contributed by atoms with Crippen LogP contribution in [0.4, 0.5) is 0 Å². The van der Waals surface area contributed by atoms with E-state index in [-0.39, 0.29) is 5.54 Å². The second-order valence-electron chi connectivity index (χ2n) is 6.45. The molecule has 1 unspecified atom stereocenters. The van der Waals surface area contributed by atoms with Crippen LogP contribution in [0.15, 0.2) is 29.2 Å². The predicted octanol–water partition coefficient (Wildman–Crippen LogP) is 0.795. The van der Waals surface area contributed by atoms with Gasteiger partial charge in [-0.25, -0.2) is 13.1 Å². The van der Waals surface area contributed by atoms with Crippen LogP contribution in [0.1, 0.15) is 18.4 Å². The van der Waals surface area contributed by atoms with Crippen molar-refractivity contribution in [3.63, 3.8) is 0 Å². The highest BCUT2D eigenvalue weighted by Crippen LogP contribution is 2.20. The first-order chi connectivity index (χ1) is 10.9. The molecule has 1 aromatic carbocycles. The van der Waals surface area contributed by atoms with Gasteiger partial charge in [0.15, 0.2) is 0 Å². The molecular weight excluding hydrogens is 314 g/mol. The van der Waals surface area contributed by atoms with Crippen LogP contribution in [0.2, 0.25) is 0 Å². The molecule has 1 aliphatic heterocycles. The summed E-state index contributed by atoms with van der Waals surface area (Å²) in [5.74, 6) is 0. The Kier molecular flexibility index (Phi) is 6.16. The summed E-state index contributed by atoms with van der Waals surface area (Å²) >= 11 is 0. The lowest BCUT2D eigenvalue weighted by molar-refractivity contribution is 0.122. The minimum atomic E-state index is -3.51. The number of hydrogen-bond acceptors (Lipinski definition) is 5. The van der Waals surface area contributed by atoms with Gasteiger partial charge in [0.1, 0.15) is 0 Å². The van der Waals surface area contributed by atoms with E-state index in [1.165, 1.54) is 0 Å². The molecule has 2 rings (SSSR count). The molecule has 0 amide bonds. The van der Waals surface area contributed by atoms with Gasteiger partial charge in [-0.3, -0.25) is 0 Å². The van der Waals surface area contributed by atoms with E-state index in [4.69, 9.17) is 4.74 Å². The Balaban J connectivity index is 2.03. The molecule has 1 atom stereocenters. The predicted molar refractivity (Wildman–Crippen MR) is 90.9 cm³/mol. The summed E-state index contributed by atoms with van der Waals surface area (Å²) in [6.45, 7) is 2.51. The van der Waals surface area contributed by atoms with Gasteiger partial charge in [0, 0.05) is 20.2 Å². The molecule has 0 spiro atoms. The molecule has 0 aliphatic carbocycles. The number of sulfonamides is 1. The van der Waals surface area contributed by atoms with Gasteiger partial charge in [-0.05, 0) is 51.2 Å². The zero-order valence-electron chi connectivity index (χ0n) is 14.1. The molecule has 0 saturated carbocycles. The van der Waals surface area contributed by atoms with Crippen molar-refractivity contribution in [2.24, 2.45) is 0 Å². The van der Waals surface area contributed by atoms with Crippen molar-refractivity contribution in [1.82, 2.24) is 14.9 Å². The van der Waals surface area contributed by atoms with Crippen LogP contribution >= 0.6 is 0 Å². The molecule has 1 aliphatic rings. The number of ether oxygens (including phenoxy) is 1. The van der Waals surface area contributed by atoms with Crippen LogP contribution in [0.25, 0.3) is 0 Å². The summed E-state index contributed by atoms with van der Waals surface area (Å²) in [5.41, 5.74) is 0.787. The van der Waals surface area contributed by atoms with E-state index in [0.717, 1.165) is 31.5 Å². The van der Waals surface area contributed by atoms with E-state index in [9.17, 15) is 8.42 Å². The van der Waals surface area contributed by atoms with Crippen LogP contribution in [0.3, 0.4) is 0 Å². The molecule has 2 N–H and O–H groups in total. The van der Waals surface area contributed by atoms with Gasteiger partial charge in [-0.15, -0.1) is 0 Å². The number of nitrogens with zero attached hydrogens (tertiary/aromatic N) is 1. The van der Waals surface area contributed by atoms with Crippen molar-refractivity contribution in [2.75, 3.05) is 40.9 Å². The van der Waals surface area contributed by atoms with E-state index < -0.39 is 10.0 Å². The van der Waals surface area contributed by atoms with Gasteiger partial charge in [-0.1, -0.05) is 12.1 Å². The summed E-state index contributed by atoms with van der Waals surface area (Å²) in [6.07, 6.45) is 1.94. The summed E-state index contributed by atoms with van der Waals surface area (Å²) in [7, 11) is 2.09. The molecule has 1 fully saturated rings. The quantitative estimate of drug-likeness (QED) is 0.732. The number of methoxy groups -OCH3 is 1. The highest BCUT2D eigenvalue weighted by atomic mass is 32.2. The molecule has 7 heteroatoms. The van der Waals surface area contributed by atoms with E-state index in [1.54, 1.807) is 19.2 Å². The monoisotopic (exact) mass is 341 g/mol. The van der Waals surface area contributed by atoms with Crippen molar-refractivity contribution in [1.29, 1.82) is 0 Å².